The van der Waals surface area contributed by atoms with Gasteiger partial charge in [0.05, 0.1) is 14.2 Å². The third-order valence-electron chi connectivity index (χ3n) is 9.04. The smallest absolute Gasteiger partial charge is 0.492 e. The molecule has 2 aliphatic heterocycles. The molecule has 14 heteroatoms. The maximum absolute atomic E-state index is 13.4. The molecule has 0 spiro atoms. The molecule has 0 radical (unpaired) electrons. The topological polar surface area (TPSA) is 118 Å². The molecule has 296 valence electrons. The molecule has 10 nitrogen and oxygen atoms in total. The van der Waals surface area contributed by atoms with Crippen molar-refractivity contribution in [2.24, 2.45) is 0 Å². The van der Waals surface area contributed by atoms with E-state index in [0.717, 1.165) is 78.0 Å². The second kappa shape index (κ2) is 21.8. The Morgan fingerprint density at radius 3 is 1.68 bits per heavy atom. The number of carbonyl (C=O) groups excluding carboxylic acids is 2. The number of carbonyl (C=O) groups is 2. The van der Waals surface area contributed by atoms with Gasteiger partial charge in [-0.25, -0.2) is 8.78 Å². The molecule has 4 aromatic carbocycles. The SMILES string of the molecule is C=CC(=O)N1CCC(Oc2cccc(-c3ccc(F)cc3OC)c2)CC1.C=CC(=O)N1CCC(Oc2cccc(Br)c2)CC1.COc1cc(F)ccc1B(O)O. The summed E-state index contributed by atoms with van der Waals surface area (Å²) in [6.45, 7) is 9.84. The first-order valence-electron chi connectivity index (χ1n) is 18.0. The van der Waals surface area contributed by atoms with Crippen molar-refractivity contribution < 1.29 is 47.4 Å². The van der Waals surface area contributed by atoms with E-state index in [0.29, 0.717) is 18.8 Å². The summed E-state index contributed by atoms with van der Waals surface area (Å²) in [7, 11) is 1.22. The molecule has 2 N–H and O–H groups in total. The van der Waals surface area contributed by atoms with E-state index in [1.54, 1.807) is 11.0 Å². The number of amides is 2. The number of piperidine rings is 2. The van der Waals surface area contributed by atoms with Crippen LogP contribution in [0.25, 0.3) is 11.1 Å². The zero-order valence-electron chi connectivity index (χ0n) is 31.4. The quantitative estimate of drug-likeness (QED) is 0.136. The fourth-order valence-corrected chi connectivity index (χ4v) is 6.49. The highest BCUT2D eigenvalue weighted by Crippen LogP contribution is 2.33. The number of nitrogens with zero attached hydrogens (tertiary/aromatic N) is 2. The van der Waals surface area contributed by atoms with Crippen molar-refractivity contribution in [3.05, 3.63) is 126 Å². The average molecular weight is 836 g/mol. The molecule has 2 aliphatic rings. The third-order valence-corrected chi connectivity index (χ3v) is 9.53. The molecule has 0 saturated carbocycles. The Morgan fingerprint density at radius 2 is 1.20 bits per heavy atom. The zero-order chi connectivity index (χ0) is 40.6. The second-order valence-electron chi connectivity index (χ2n) is 12.8. The Kier molecular flexibility index (Phi) is 16.9. The molecule has 2 fully saturated rings. The molecule has 0 unspecified atom stereocenters. The van der Waals surface area contributed by atoms with Gasteiger partial charge >= 0.3 is 7.12 Å². The highest BCUT2D eigenvalue weighted by Gasteiger charge is 2.24. The number of halogens is 3. The van der Waals surface area contributed by atoms with Crippen molar-refractivity contribution in [2.75, 3.05) is 40.4 Å². The summed E-state index contributed by atoms with van der Waals surface area (Å²) >= 11 is 3.42. The van der Waals surface area contributed by atoms with Crippen molar-refractivity contribution in [1.29, 1.82) is 0 Å². The van der Waals surface area contributed by atoms with Crippen LogP contribution < -0.4 is 24.4 Å². The van der Waals surface area contributed by atoms with E-state index in [-0.39, 0.29) is 41.1 Å². The van der Waals surface area contributed by atoms with Crippen LogP contribution in [0.3, 0.4) is 0 Å². The first kappa shape index (κ1) is 43.6. The normalized spacial score (nSPS) is 14.2. The molecule has 0 atom stereocenters. The van der Waals surface area contributed by atoms with Gasteiger partial charge < -0.3 is 38.8 Å². The number of likely N-dealkylation sites (tertiary alicyclic amines) is 2. The Balaban J connectivity index is 0.000000201. The summed E-state index contributed by atoms with van der Waals surface area (Å²) in [6, 6.07) is 23.5. The lowest BCUT2D eigenvalue weighted by Gasteiger charge is -2.31. The molecule has 0 aliphatic carbocycles. The van der Waals surface area contributed by atoms with Gasteiger partial charge in [0.15, 0.2) is 0 Å². The van der Waals surface area contributed by atoms with E-state index in [2.05, 4.69) is 29.1 Å². The van der Waals surface area contributed by atoms with Gasteiger partial charge in [-0.15, -0.1) is 0 Å². The summed E-state index contributed by atoms with van der Waals surface area (Å²) in [5, 5.41) is 17.6. The highest BCUT2D eigenvalue weighted by molar-refractivity contribution is 9.10. The molecule has 4 aromatic rings. The number of ether oxygens (including phenoxy) is 4. The summed E-state index contributed by atoms with van der Waals surface area (Å²) in [4.78, 5) is 26.7. The second-order valence-corrected chi connectivity index (χ2v) is 13.7. The van der Waals surface area contributed by atoms with E-state index < -0.39 is 12.9 Å². The number of methoxy groups -OCH3 is 2. The minimum absolute atomic E-state index is 0.0101. The lowest BCUT2D eigenvalue weighted by molar-refractivity contribution is -0.128. The standard InChI is InChI=1S/C21H22FNO3.C14H16BrNO2.C7H8BFO3/c1-3-21(24)23-11-9-17(10-12-23)26-18-6-4-5-15(13-18)19-8-7-16(22)14-20(19)25-2;1-2-14(17)16-8-6-12(7-9-16)18-13-5-3-4-11(15)10-13;1-12-7-4-5(9)2-3-6(7)8(10)11/h3-8,13-14,17H,1,9-12H2,2H3;2-5,10,12H,1,6-9H2;2-4,10-11H,1H3. The van der Waals surface area contributed by atoms with Crippen molar-refractivity contribution in [3.63, 3.8) is 0 Å². The minimum atomic E-state index is -1.64. The fourth-order valence-electron chi connectivity index (χ4n) is 6.11. The van der Waals surface area contributed by atoms with Gasteiger partial charge in [0, 0.05) is 79.5 Å². The van der Waals surface area contributed by atoms with E-state index in [4.69, 9.17) is 29.0 Å². The van der Waals surface area contributed by atoms with Crippen molar-refractivity contribution in [1.82, 2.24) is 9.80 Å². The Morgan fingerprint density at radius 1 is 0.714 bits per heavy atom. The molecular weight excluding hydrogens is 789 g/mol. The Hall–Kier alpha value is -5.18. The maximum Gasteiger partial charge on any atom is 0.492 e. The predicted molar refractivity (Wildman–Crippen MR) is 216 cm³/mol. The molecule has 56 heavy (non-hydrogen) atoms. The van der Waals surface area contributed by atoms with Crippen LogP contribution in [-0.2, 0) is 9.59 Å². The molecule has 6 rings (SSSR count). The fraction of sp³-hybridized carbons (Fsp3) is 0.286. The molecule has 2 heterocycles. The molecular formula is C42H46BBrF2N2O8. The van der Waals surface area contributed by atoms with E-state index in [1.807, 2.05) is 53.4 Å². The largest absolute Gasteiger partial charge is 0.497 e. The molecule has 0 bridgehead atoms. The van der Waals surface area contributed by atoms with Gasteiger partial charge in [-0.1, -0.05) is 53.4 Å². The summed E-state index contributed by atoms with van der Waals surface area (Å²) < 4.78 is 49.0. The van der Waals surface area contributed by atoms with Crippen LogP contribution in [0.1, 0.15) is 25.7 Å². The Labute approximate surface area is 335 Å². The number of benzene rings is 4. The van der Waals surface area contributed by atoms with E-state index >= 15 is 0 Å². The van der Waals surface area contributed by atoms with Gasteiger partial charge in [-0.2, -0.15) is 0 Å². The van der Waals surface area contributed by atoms with Gasteiger partial charge in [0.1, 0.15) is 46.8 Å². The summed E-state index contributed by atoms with van der Waals surface area (Å²) in [5.41, 5.74) is 1.86. The summed E-state index contributed by atoms with van der Waals surface area (Å²) in [6.07, 6.45) is 6.27. The number of hydrogen-bond acceptors (Lipinski definition) is 8. The van der Waals surface area contributed by atoms with E-state index in [9.17, 15) is 18.4 Å². The lowest BCUT2D eigenvalue weighted by atomic mass is 9.79. The predicted octanol–water partition coefficient (Wildman–Crippen LogP) is 6.58. The van der Waals surface area contributed by atoms with Crippen LogP contribution in [-0.4, -0.2) is 91.4 Å². The summed E-state index contributed by atoms with van der Waals surface area (Å²) in [5.74, 6) is 1.41. The Bertz CT molecular complexity index is 1930. The van der Waals surface area contributed by atoms with Gasteiger partial charge in [0.2, 0.25) is 11.8 Å². The van der Waals surface area contributed by atoms with E-state index in [1.165, 1.54) is 44.6 Å². The van der Waals surface area contributed by atoms with Gasteiger partial charge in [-0.3, -0.25) is 9.59 Å². The van der Waals surface area contributed by atoms with Crippen LogP contribution in [0, 0.1) is 11.6 Å². The number of hydrogen-bond donors (Lipinski definition) is 2. The lowest BCUT2D eigenvalue weighted by Crippen LogP contribution is -2.41. The zero-order valence-corrected chi connectivity index (χ0v) is 33.0. The maximum atomic E-state index is 13.4. The van der Waals surface area contributed by atoms with Crippen LogP contribution in [0.15, 0.2) is 115 Å². The minimum Gasteiger partial charge on any atom is -0.497 e. The van der Waals surface area contributed by atoms with Crippen LogP contribution >= 0.6 is 15.9 Å². The van der Waals surface area contributed by atoms with Crippen molar-refractivity contribution in [2.45, 2.75) is 37.9 Å². The molecule has 0 aromatic heterocycles. The van der Waals surface area contributed by atoms with Gasteiger partial charge in [-0.05, 0) is 66.2 Å². The van der Waals surface area contributed by atoms with Gasteiger partial charge in [0.25, 0.3) is 0 Å². The molecule has 2 amide bonds. The first-order valence-corrected chi connectivity index (χ1v) is 18.8. The van der Waals surface area contributed by atoms with Crippen LogP contribution in [0.2, 0.25) is 0 Å². The monoisotopic (exact) mass is 834 g/mol. The third kappa shape index (κ3) is 13.0. The molecule has 2 saturated heterocycles. The van der Waals surface area contributed by atoms with Crippen molar-refractivity contribution in [3.8, 4) is 34.1 Å². The number of rotatable bonds is 10. The van der Waals surface area contributed by atoms with Crippen LogP contribution in [0.4, 0.5) is 8.78 Å². The van der Waals surface area contributed by atoms with Crippen LogP contribution in [0.5, 0.6) is 23.0 Å². The average Bonchev–Trinajstić information content (AvgIpc) is 3.21. The van der Waals surface area contributed by atoms with Crippen molar-refractivity contribution >= 4 is 40.3 Å². The first-order chi connectivity index (χ1) is 26.9. The highest BCUT2D eigenvalue weighted by atomic mass is 79.9.